The van der Waals surface area contributed by atoms with Crippen molar-refractivity contribution in [1.29, 1.82) is 0 Å². The predicted molar refractivity (Wildman–Crippen MR) is 303 cm³/mol. The third-order valence-corrected chi connectivity index (χ3v) is 14.8. The lowest BCUT2D eigenvalue weighted by Crippen LogP contribution is -2.16. The highest BCUT2D eigenvalue weighted by Gasteiger charge is 2.37. The van der Waals surface area contributed by atoms with Gasteiger partial charge in [0.05, 0.1) is 11.1 Å². The van der Waals surface area contributed by atoms with Crippen LogP contribution in [-0.2, 0) is 24.7 Å². The van der Waals surface area contributed by atoms with Gasteiger partial charge in [0.25, 0.3) is 11.8 Å². The minimum atomic E-state index is -3.48. The molecule has 6 rings (SSSR count). The van der Waals surface area contributed by atoms with Crippen molar-refractivity contribution < 1.29 is 39.5 Å². The van der Waals surface area contributed by atoms with Gasteiger partial charge in [0.1, 0.15) is 5.82 Å². The number of hydrogen-bond acceptors (Lipinski definition) is 0. The summed E-state index contributed by atoms with van der Waals surface area (Å²) in [5.74, 6) is -13.4. The van der Waals surface area contributed by atoms with Crippen LogP contribution in [0.15, 0.2) is 115 Å². The molecule has 0 aromatic heterocycles. The lowest BCUT2D eigenvalue weighted by Gasteiger charge is -2.19. The van der Waals surface area contributed by atoms with Gasteiger partial charge in [-0.2, -0.15) is 0 Å². The molecule has 0 aliphatic heterocycles. The zero-order valence-electron chi connectivity index (χ0n) is 46.3. The maximum absolute atomic E-state index is 15.1. The summed E-state index contributed by atoms with van der Waals surface area (Å²) in [6, 6.07) is 32.0. The lowest BCUT2D eigenvalue weighted by molar-refractivity contribution is -0.0201. The fourth-order valence-electron chi connectivity index (χ4n) is 9.97. The number of hydrogen-bond donors (Lipinski definition) is 0. The zero-order chi connectivity index (χ0) is 55.6. The van der Waals surface area contributed by atoms with Crippen molar-refractivity contribution in [1.82, 2.24) is 0 Å². The van der Waals surface area contributed by atoms with E-state index in [4.69, 9.17) is 0 Å². The normalized spacial score (nSPS) is 11.8. The van der Waals surface area contributed by atoms with Gasteiger partial charge in [-0.15, -0.1) is 0 Å². The Bertz CT molecular complexity index is 2630. The number of aryl methyl sites for hydroxylation is 2. The van der Waals surface area contributed by atoms with Crippen LogP contribution in [-0.4, -0.2) is 0 Å². The first-order chi connectivity index (χ1) is 37.1. The van der Waals surface area contributed by atoms with Crippen molar-refractivity contribution in [2.75, 3.05) is 0 Å². The van der Waals surface area contributed by atoms with Crippen LogP contribution in [0.3, 0.4) is 0 Å². The third-order valence-electron chi connectivity index (χ3n) is 14.8. The largest absolute Gasteiger partial charge is 0.276 e. The maximum Gasteiger partial charge on any atom is 0.276 e. The van der Waals surface area contributed by atoms with Gasteiger partial charge in [0, 0.05) is 29.5 Å². The summed E-state index contributed by atoms with van der Waals surface area (Å²) in [5.41, 5.74) is 4.04. The number of halogens is 9. The molecule has 6 aromatic carbocycles. The Kier molecular flexibility index (Phi) is 26.4. The van der Waals surface area contributed by atoms with Crippen molar-refractivity contribution in [3.63, 3.8) is 0 Å². The van der Waals surface area contributed by atoms with Gasteiger partial charge >= 0.3 is 0 Å². The summed E-state index contributed by atoms with van der Waals surface area (Å²) in [4.78, 5) is 0. The van der Waals surface area contributed by atoms with Gasteiger partial charge in [-0.1, -0.05) is 240 Å². The van der Waals surface area contributed by atoms with Gasteiger partial charge in [-0.25, -0.2) is 39.5 Å². The molecule has 0 saturated heterocycles. The molecule has 0 amide bonds. The third kappa shape index (κ3) is 19.2. The fourth-order valence-corrected chi connectivity index (χ4v) is 9.97. The maximum atomic E-state index is 15.1. The average molecular weight is 1070 g/mol. The number of rotatable bonds is 32. The zero-order valence-corrected chi connectivity index (χ0v) is 46.3. The van der Waals surface area contributed by atoms with Gasteiger partial charge in [0.15, 0.2) is 23.3 Å². The minimum Gasteiger partial charge on any atom is -0.206 e. The van der Waals surface area contributed by atoms with Crippen molar-refractivity contribution in [3.05, 3.63) is 167 Å². The molecular formula is C68H83F9. The van der Waals surface area contributed by atoms with Gasteiger partial charge in [0.2, 0.25) is 0 Å². The molecule has 418 valence electrons. The molecule has 0 saturated carbocycles. The van der Waals surface area contributed by atoms with E-state index >= 15 is 4.39 Å². The summed E-state index contributed by atoms with van der Waals surface area (Å²) < 4.78 is 132. The Morgan fingerprint density at radius 3 is 1.01 bits per heavy atom. The molecule has 0 aliphatic rings. The lowest BCUT2D eigenvalue weighted by atomic mass is 9.95. The van der Waals surface area contributed by atoms with E-state index in [0.717, 1.165) is 67.0 Å². The van der Waals surface area contributed by atoms with E-state index in [0.29, 0.717) is 24.0 Å². The van der Waals surface area contributed by atoms with Crippen LogP contribution in [0.1, 0.15) is 204 Å². The van der Waals surface area contributed by atoms with Crippen molar-refractivity contribution in [2.45, 2.75) is 206 Å². The molecule has 0 bridgehead atoms. The summed E-state index contributed by atoms with van der Waals surface area (Å²) in [6.45, 7) is 8.25. The van der Waals surface area contributed by atoms with Crippen LogP contribution in [0.2, 0.25) is 0 Å². The summed E-state index contributed by atoms with van der Waals surface area (Å²) in [5, 5.41) is 0. The van der Waals surface area contributed by atoms with Crippen molar-refractivity contribution in [2.24, 2.45) is 0 Å². The molecule has 0 spiro atoms. The Morgan fingerprint density at radius 1 is 0.286 bits per heavy atom. The van der Waals surface area contributed by atoms with Crippen LogP contribution >= 0.6 is 0 Å². The van der Waals surface area contributed by atoms with Crippen LogP contribution in [0.4, 0.5) is 39.5 Å². The van der Waals surface area contributed by atoms with Crippen molar-refractivity contribution >= 4 is 0 Å². The number of alkyl halides is 4. The van der Waals surface area contributed by atoms with E-state index in [1.165, 1.54) is 126 Å². The highest BCUT2D eigenvalue weighted by molar-refractivity contribution is 5.73. The predicted octanol–water partition coefficient (Wildman–Crippen LogP) is 23.4. The van der Waals surface area contributed by atoms with E-state index in [1.54, 1.807) is 18.2 Å². The smallest absolute Gasteiger partial charge is 0.206 e. The van der Waals surface area contributed by atoms with Crippen LogP contribution < -0.4 is 0 Å². The van der Waals surface area contributed by atoms with E-state index in [9.17, 15) is 35.1 Å². The molecule has 0 N–H and O–H groups in total. The Morgan fingerprint density at radius 2 is 0.597 bits per heavy atom. The van der Waals surface area contributed by atoms with Gasteiger partial charge in [-0.05, 0) is 95.7 Å². The van der Waals surface area contributed by atoms with Crippen LogP contribution in [0.5, 0.6) is 0 Å². The number of benzene rings is 6. The topological polar surface area (TPSA) is 0 Å². The first-order valence-electron chi connectivity index (χ1n) is 29.0. The first-order valence-corrected chi connectivity index (χ1v) is 29.0. The first kappa shape index (κ1) is 62.5. The highest BCUT2D eigenvalue weighted by Crippen LogP contribution is 2.41. The molecule has 77 heavy (non-hydrogen) atoms. The molecule has 0 atom stereocenters. The van der Waals surface area contributed by atoms with E-state index < -0.39 is 64.9 Å². The second kappa shape index (κ2) is 32.6. The summed E-state index contributed by atoms with van der Waals surface area (Å²) in [6.07, 6.45) is 24.9. The summed E-state index contributed by atoms with van der Waals surface area (Å²) >= 11 is 0. The SMILES string of the molecule is CCCCCCCCCCc1ccc(-c2ccc(-c3ccc(C(F)(F)CCCCC)c(F)c3F)c(F)c2)cc1.CCCCCCCCCCc1ccc(-c2ccc(-c3ccc(C(F)(F)CCCCC)c(F)c3F)cc2)cc1. The van der Waals surface area contributed by atoms with E-state index in [-0.39, 0.29) is 29.5 Å². The molecule has 9 heteroatoms. The van der Waals surface area contributed by atoms with Crippen molar-refractivity contribution in [3.8, 4) is 44.5 Å². The van der Waals surface area contributed by atoms with Gasteiger partial charge in [-0.3, -0.25) is 0 Å². The molecule has 0 nitrogen and oxygen atoms in total. The second-order valence-corrected chi connectivity index (χ2v) is 21.0. The molecular weight excluding hydrogens is 988 g/mol. The van der Waals surface area contributed by atoms with Crippen LogP contribution in [0, 0.1) is 29.1 Å². The van der Waals surface area contributed by atoms with Gasteiger partial charge < -0.3 is 0 Å². The number of unbranched alkanes of at least 4 members (excludes halogenated alkanes) is 18. The Balaban J connectivity index is 0.000000284. The fraction of sp³-hybridized carbons (Fsp3) is 0.471. The van der Waals surface area contributed by atoms with E-state index in [2.05, 4.69) is 38.1 Å². The molecule has 0 heterocycles. The molecule has 0 fully saturated rings. The average Bonchev–Trinajstić information content (AvgIpc) is 3.43. The standard InChI is InChI=1S/C34H41F5.C34H42F4/c1-3-5-7-8-9-10-11-12-14-25-15-17-26(18-16-25)27-19-20-28(31(35)24-27)29-21-22-30(33(37)32(29)36)34(38,39)23-13-6-4-2;1-3-5-7-8-9-10-11-12-14-26-15-17-27(18-16-26)28-19-21-29(22-20-28)30-23-24-31(33(36)32(30)35)34(37,38)25-13-6-4-2/h15-22,24H,3-14,23H2,1-2H3;15-24H,3-14,25H2,1-2H3. The highest BCUT2D eigenvalue weighted by atomic mass is 19.3. The molecule has 6 aromatic rings. The van der Waals surface area contributed by atoms with Crippen LogP contribution in [0.25, 0.3) is 44.5 Å². The quantitative estimate of drug-likeness (QED) is 0.0292. The van der Waals surface area contributed by atoms with E-state index in [1.807, 2.05) is 50.2 Å². The monoisotopic (exact) mass is 1070 g/mol. The second-order valence-electron chi connectivity index (χ2n) is 21.0. The molecule has 0 radical (unpaired) electrons. The Labute approximate surface area is 455 Å². The minimum absolute atomic E-state index is 0.0112. The summed E-state index contributed by atoms with van der Waals surface area (Å²) in [7, 11) is 0. The Hall–Kier alpha value is -5.31. The molecule has 0 unspecified atom stereocenters. The molecule has 0 aliphatic carbocycles.